The summed E-state index contributed by atoms with van der Waals surface area (Å²) in [6, 6.07) is 0. The van der Waals surface area contributed by atoms with Crippen LogP contribution >= 0.6 is 11.3 Å². The van der Waals surface area contributed by atoms with Gasteiger partial charge in [0.25, 0.3) is 5.91 Å². The molecule has 0 saturated carbocycles. The van der Waals surface area contributed by atoms with Gasteiger partial charge in [-0.25, -0.2) is 4.98 Å². The molecule has 20 heavy (non-hydrogen) atoms. The maximum Gasteiger partial charge on any atom is 0.280 e. The molecule has 106 valence electrons. The molecular weight excluding hydrogens is 274 g/mol. The summed E-state index contributed by atoms with van der Waals surface area (Å²) in [5.74, 6) is 0.906. The Bertz CT molecular complexity index is 611. The van der Waals surface area contributed by atoms with Crippen molar-refractivity contribution < 1.29 is 4.79 Å². The smallest absolute Gasteiger partial charge is 0.280 e. The summed E-state index contributed by atoms with van der Waals surface area (Å²) >= 11 is 1.53. The fraction of sp³-hybridized carbons (Fsp3) is 0.538. The lowest BCUT2D eigenvalue weighted by Gasteiger charge is -2.10. The van der Waals surface area contributed by atoms with E-state index in [1.165, 1.54) is 22.6 Å². The van der Waals surface area contributed by atoms with Crippen LogP contribution in [-0.2, 0) is 19.9 Å². The van der Waals surface area contributed by atoms with Gasteiger partial charge in [-0.05, 0) is 19.3 Å². The quantitative estimate of drug-likeness (QED) is 0.921. The third kappa shape index (κ3) is 2.45. The second-order valence-corrected chi connectivity index (χ2v) is 6.24. The van der Waals surface area contributed by atoms with Crippen molar-refractivity contribution in [3.63, 3.8) is 0 Å². The number of nitrogens with zero attached hydrogens (tertiary/aromatic N) is 4. The van der Waals surface area contributed by atoms with Gasteiger partial charge in [-0.3, -0.25) is 4.79 Å². The maximum atomic E-state index is 12.1. The molecule has 1 atom stereocenters. The third-order valence-electron chi connectivity index (χ3n) is 3.55. The van der Waals surface area contributed by atoms with E-state index in [0.29, 0.717) is 11.6 Å². The number of hydrogen-bond donors (Lipinski definition) is 1. The molecular formula is C13H17N5OS. The average molecular weight is 291 g/mol. The van der Waals surface area contributed by atoms with Crippen molar-refractivity contribution in [2.75, 3.05) is 6.54 Å². The predicted octanol–water partition coefficient (Wildman–Crippen LogP) is 1.29. The topological polar surface area (TPSA) is 72.7 Å². The number of carbonyl (C=O) groups is 1. The summed E-state index contributed by atoms with van der Waals surface area (Å²) in [5.41, 5.74) is 1.11. The summed E-state index contributed by atoms with van der Waals surface area (Å²) in [7, 11) is 1.90. The molecule has 0 aliphatic heterocycles. The molecule has 0 bridgehead atoms. The molecule has 0 radical (unpaired) electrons. The Balaban J connectivity index is 1.60. The van der Waals surface area contributed by atoms with Crippen molar-refractivity contribution in [1.82, 2.24) is 25.1 Å². The van der Waals surface area contributed by atoms with Gasteiger partial charge in [0.2, 0.25) is 0 Å². The number of thiazole rings is 1. The largest absolute Gasteiger partial charge is 0.349 e. The van der Waals surface area contributed by atoms with Crippen LogP contribution in [0, 0.1) is 0 Å². The van der Waals surface area contributed by atoms with Gasteiger partial charge in [0, 0.05) is 24.4 Å². The molecule has 3 rings (SSSR count). The van der Waals surface area contributed by atoms with E-state index in [1.807, 2.05) is 18.5 Å². The fourth-order valence-electron chi connectivity index (χ4n) is 2.44. The van der Waals surface area contributed by atoms with Gasteiger partial charge in [-0.1, -0.05) is 6.92 Å². The molecule has 0 fully saturated rings. The molecule has 0 saturated heterocycles. The first-order valence-electron chi connectivity index (χ1n) is 6.76. The van der Waals surface area contributed by atoms with Crippen molar-refractivity contribution in [2.45, 2.75) is 32.1 Å². The Morgan fingerprint density at radius 2 is 2.40 bits per heavy atom. The minimum Gasteiger partial charge on any atom is -0.349 e. The van der Waals surface area contributed by atoms with Crippen molar-refractivity contribution in [1.29, 1.82) is 0 Å². The molecule has 1 N–H and O–H groups in total. The Kier molecular flexibility index (Phi) is 3.52. The van der Waals surface area contributed by atoms with E-state index in [0.717, 1.165) is 24.4 Å². The van der Waals surface area contributed by atoms with E-state index in [2.05, 4.69) is 20.5 Å². The minimum atomic E-state index is -0.0848. The molecule has 0 spiro atoms. The normalized spacial score (nSPS) is 15.1. The Morgan fingerprint density at radius 3 is 3.10 bits per heavy atom. The second kappa shape index (κ2) is 5.32. The Hall–Kier alpha value is -1.76. The summed E-state index contributed by atoms with van der Waals surface area (Å²) < 4.78 is 1.87. The molecule has 2 heterocycles. The van der Waals surface area contributed by atoms with Crippen LogP contribution in [0.2, 0.25) is 0 Å². The van der Waals surface area contributed by atoms with E-state index in [4.69, 9.17) is 0 Å². The number of aromatic nitrogens is 4. The van der Waals surface area contributed by atoms with Crippen LogP contribution in [0.1, 0.15) is 45.5 Å². The van der Waals surface area contributed by atoms with Gasteiger partial charge in [0.05, 0.1) is 5.69 Å². The number of amides is 1. The first-order valence-corrected chi connectivity index (χ1v) is 7.57. The lowest BCUT2D eigenvalue weighted by atomic mass is 10.1. The summed E-state index contributed by atoms with van der Waals surface area (Å²) in [4.78, 5) is 17.8. The highest BCUT2D eigenvalue weighted by molar-refractivity contribution is 7.13. The van der Waals surface area contributed by atoms with Crippen LogP contribution in [0.4, 0.5) is 0 Å². The molecule has 1 amide bonds. The molecule has 2 aromatic rings. The zero-order valence-corrected chi connectivity index (χ0v) is 12.4. The highest BCUT2D eigenvalue weighted by Crippen LogP contribution is 2.27. The number of hydrogen-bond acceptors (Lipinski definition) is 5. The van der Waals surface area contributed by atoms with E-state index < -0.39 is 0 Å². The Labute approximate surface area is 121 Å². The van der Waals surface area contributed by atoms with E-state index in [-0.39, 0.29) is 11.8 Å². The van der Waals surface area contributed by atoms with Crippen molar-refractivity contribution >= 4 is 17.2 Å². The van der Waals surface area contributed by atoms with E-state index >= 15 is 0 Å². The maximum absolute atomic E-state index is 12.1. The van der Waals surface area contributed by atoms with E-state index in [1.54, 1.807) is 6.33 Å². The highest BCUT2D eigenvalue weighted by Gasteiger charge is 2.21. The highest BCUT2D eigenvalue weighted by atomic mass is 32.1. The summed E-state index contributed by atoms with van der Waals surface area (Å²) in [5, 5.41) is 11.4. The number of rotatable bonds is 4. The zero-order chi connectivity index (χ0) is 14.1. The van der Waals surface area contributed by atoms with Crippen LogP contribution in [0.3, 0.4) is 0 Å². The summed E-state index contributed by atoms with van der Waals surface area (Å²) in [6.07, 6.45) is 4.91. The van der Waals surface area contributed by atoms with Crippen LogP contribution < -0.4 is 5.32 Å². The van der Waals surface area contributed by atoms with Gasteiger partial charge < -0.3 is 9.88 Å². The van der Waals surface area contributed by atoms with Crippen LogP contribution in [0.5, 0.6) is 0 Å². The average Bonchev–Trinajstić information content (AvgIpc) is 3.09. The van der Waals surface area contributed by atoms with Gasteiger partial charge in [-0.15, -0.1) is 21.5 Å². The number of carbonyl (C=O) groups excluding carboxylic acids is 1. The van der Waals surface area contributed by atoms with Crippen molar-refractivity contribution in [3.8, 4) is 0 Å². The lowest BCUT2D eigenvalue weighted by molar-refractivity contribution is 0.0950. The van der Waals surface area contributed by atoms with Gasteiger partial charge in [-0.2, -0.15) is 0 Å². The lowest BCUT2D eigenvalue weighted by Crippen LogP contribution is -2.28. The first kappa shape index (κ1) is 13.2. The minimum absolute atomic E-state index is 0.0848. The predicted molar refractivity (Wildman–Crippen MR) is 75.9 cm³/mol. The molecule has 2 aromatic heterocycles. The third-order valence-corrected chi connectivity index (χ3v) is 4.70. The van der Waals surface area contributed by atoms with Crippen LogP contribution in [0.25, 0.3) is 0 Å². The SMILES string of the molecule is CC(CNC(=O)c1nc2c(s1)CCC2)c1nncn1C. The second-order valence-electron chi connectivity index (χ2n) is 5.15. The number of nitrogens with one attached hydrogen (secondary N) is 1. The number of fused-ring (bicyclic) bond motifs is 1. The van der Waals surface area contributed by atoms with E-state index in [9.17, 15) is 4.79 Å². The van der Waals surface area contributed by atoms with Gasteiger partial charge in [0.1, 0.15) is 12.2 Å². The molecule has 1 aliphatic rings. The molecule has 6 nitrogen and oxygen atoms in total. The molecule has 1 aliphatic carbocycles. The molecule has 0 aromatic carbocycles. The fourth-order valence-corrected chi connectivity index (χ4v) is 3.50. The molecule has 1 unspecified atom stereocenters. The van der Waals surface area contributed by atoms with Crippen molar-refractivity contribution in [3.05, 3.63) is 27.7 Å². The Morgan fingerprint density at radius 1 is 1.55 bits per heavy atom. The zero-order valence-electron chi connectivity index (χ0n) is 11.6. The first-order chi connectivity index (χ1) is 9.65. The standard InChI is InChI=1S/C13H17N5OS/c1-8(11-17-15-7-18(11)2)6-14-12(19)13-16-9-4-3-5-10(9)20-13/h7-8H,3-6H2,1-2H3,(H,14,19). The van der Waals surface area contributed by atoms with Gasteiger partial charge in [0.15, 0.2) is 5.01 Å². The van der Waals surface area contributed by atoms with Gasteiger partial charge >= 0.3 is 0 Å². The monoisotopic (exact) mass is 291 g/mol. The van der Waals surface area contributed by atoms with Crippen LogP contribution in [0.15, 0.2) is 6.33 Å². The summed E-state index contributed by atoms with van der Waals surface area (Å²) in [6.45, 7) is 2.56. The number of aryl methyl sites for hydroxylation is 3. The molecule has 7 heteroatoms. The van der Waals surface area contributed by atoms with Crippen LogP contribution in [-0.4, -0.2) is 32.2 Å². The van der Waals surface area contributed by atoms with Crippen molar-refractivity contribution in [2.24, 2.45) is 7.05 Å².